The SMILES string of the molecule is CCOC(=O)Nc1nc2c(-c3nc#ccn3)cc(-n3cnc(C(=O)CC(C)C)c3)cc2[nH]1. The number of aromatic amines is 1. The zero-order valence-electron chi connectivity index (χ0n) is 17.8. The Balaban J connectivity index is 1.78. The van der Waals surface area contributed by atoms with Gasteiger partial charge >= 0.3 is 6.09 Å². The van der Waals surface area contributed by atoms with Gasteiger partial charge in [-0.25, -0.2) is 19.7 Å². The molecule has 0 saturated heterocycles. The highest BCUT2D eigenvalue weighted by atomic mass is 16.5. The van der Waals surface area contributed by atoms with Crippen LogP contribution in [-0.4, -0.2) is 48.0 Å². The number of amides is 1. The molecule has 0 aliphatic heterocycles. The molecule has 0 saturated carbocycles. The summed E-state index contributed by atoms with van der Waals surface area (Å²) in [5, 5.41) is 2.56. The Bertz CT molecular complexity index is 1260. The van der Waals surface area contributed by atoms with Crippen molar-refractivity contribution in [3.63, 3.8) is 0 Å². The lowest BCUT2D eigenvalue weighted by molar-refractivity contribution is 0.0963. The van der Waals surface area contributed by atoms with Gasteiger partial charge in [-0.15, -0.1) is 0 Å². The van der Waals surface area contributed by atoms with Crippen LogP contribution in [0.1, 0.15) is 37.7 Å². The van der Waals surface area contributed by atoms with E-state index in [0.717, 1.165) is 0 Å². The number of hydrogen-bond acceptors (Lipinski definition) is 7. The number of fused-ring (bicyclic) bond motifs is 1. The first-order valence-electron chi connectivity index (χ1n) is 10.1. The first-order chi connectivity index (χ1) is 15.4. The van der Waals surface area contributed by atoms with Crippen molar-refractivity contribution in [3.8, 4) is 17.1 Å². The minimum Gasteiger partial charge on any atom is -0.450 e. The number of nitrogens with zero attached hydrogens (tertiary/aromatic N) is 5. The summed E-state index contributed by atoms with van der Waals surface area (Å²) >= 11 is 0. The van der Waals surface area contributed by atoms with Crippen molar-refractivity contribution >= 4 is 28.9 Å². The highest BCUT2D eigenvalue weighted by Gasteiger charge is 2.17. The molecule has 2 N–H and O–H groups in total. The van der Waals surface area contributed by atoms with Crippen LogP contribution in [-0.2, 0) is 4.74 Å². The third-order valence-electron chi connectivity index (χ3n) is 4.55. The quantitative estimate of drug-likeness (QED) is 0.428. The molecule has 162 valence electrons. The summed E-state index contributed by atoms with van der Waals surface area (Å²) in [5.41, 5.74) is 2.90. The predicted molar refractivity (Wildman–Crippen MR) is 116 cm³/mol. The van der Waals surface area contributed by atoms with Crippen molar-refractivity contribution in [2.45, 2.75) is 27.2 Å². The molecule has 0 radical (unpaired) electrons. The third kappa shape index (κ3) is 4.41. The van der Waals surface area contributed by atoms with Crippen molar-refractivity contribution < 1.29 is 14.3 Å². The highest BCUT2D eigenvalue weighted by Crippen LogP contribution is 2.29. The predicted octanol–water partition coefficient (Wildman–Crippen LogP) is 3.60. The van der Waals surface area contributed by atoms with Crippen molar-refractivity contribution in [3.05, 3.63) is 48.8 Å². The standard InChI is InChI=1S/C22H21N7O3/c1-4-32-22(31)28-21-26-16-10-14(29-11-17(25-12-29)18(30)8-13(2)3)9-15(19(16)27-21)20-23-6-5-7-24-20/h6,9-13H,4,8H2,1-3H3,(H2,26,27,28,31). The maximum atomic E-state index is 12.4. The second-order valence-electron chi connectivity index (χ2n) is 7.46. The van der Waals surface area contributed by atoms with E-state index in [9.17, 15) is 9.59 Å². The fourth-order valence-corrected chi connectivity index (χ4v) is 3.19. The maximum absolute atomic E-state index is 12.4. The Morgan fingerprint density at radius 1 is 1.28 bits per heavy atom. The molecule has 0 bridgehead atoms. The van der Waals surface area contributed by atoms with Crippen LogP contribution in [0.5, 0.6) is 0 Å². The summed E-state index contributed by atoms with van der Waals surface area (Å²) in [6, 6.07) is 6.34. The second kappa shape index (κ2) is 8.85. The molecule has 0 unspecified atom stereocenters. The number of ether oxygens (including phenoxy) is 1. The van der Waals surface area contributed by atoms with E-state index in [1.807, 2.05) is 26.0 Å². The summed E-state index contributed by atoms with van der Waals surface area (Å²) < 4.78 is 6.66. The molecule has 0 fully saturated rings. The molecule has 3 aromatic heterocycles. The Hall–Kier alpha value is -4.26. The molecule has 4 aromatic rings. The number of imidazole rings is 2. The number of rotatable bonds is 7. The van der Waals surface area contributed by atoms with Gasteiger partial charge in [-0.3, -0.25) is 10.1 Å². The van der Waals surface area contributed by atoms with Gasteiger partial charge in [0, 0.05) is 24.5 Å². The van der Waals surface area contributed by atoms with Gasteiger partial charge in [0.25, 0.3) is 0 Å². The smallest absolute Gasteiger partial charge is 0.413 e. The van der Waals surface area contributed by atoms with E-state index in [0.29, 0.717) is 40.2 Å². The van der Waals surface area contributed by atoms with Gasteiger partial charge in [-0.05, 0) is 31.0 Å². The Morgan fingerprint density at radius 2 is 2.12 bits per heavy atom. The first kappa shape index (κ1) is 21.0. The van der Waals surface area contributed by atoms with E-state index in [-0.39, 0.29) is 24.3 Å². The molecule has 0 aliphatic rings. The molecule has 32 heavy (non-hydrogen) atoms. The second-order valence-corrected chi connectivity index (χ2v) is 7.46. The minimum absolute atomic E-state index is 0.0148. The Labute approximate surface area is 184 Å². The molecule has 3 heterocycles. The summed E-state index contributed by atoms with van der Waals surface area (Å²) in [4.78, 5) is 44.4. The summed E-state index contributed by atoms with van der Waals surface area (Å²) in [5.74, 6) is 0.844. The molecule has 4 rings (SSSR count). The topological polar surface area (TPSA) is 128 Å². The third-order valence-corrected chi connectivity index (χ3v) is 4.55. The molecule has 0 atom stereocenters. The number of benzene rings is 1. The van der Waals surface area contributed by atoms with E-state index >= 15 is 0 Å². The van der Waals surface area contributed by atoms with Crippen molar-refractivity contribution in [1.29, 1.82) is 0 Å². The van der Waals surface area contributed by atoms with Gasteiger partial charge in [0.15, 0.2) is 11.6 Å². The van der Waals surface area contributed by atoms with Crippen LogP contribution in [0.25, 0.3) is 28.1 Å². The van der Waals surface area contributed by atoms with E-state index in [1.54, 1.807) is 24.0 Å². The van der Waals surface area contributed by atoms with Crippen LogP contribution in [0, 0.1) is 18.2 Å². The van der Waals surface area contributed by atoms with Crippen LogP contribution >= 0.6 is 0 Å². The number of ketones is 1. The van der Waals surface area contributed by atoms with E-state index in [2.05, 4.69) is 42.5 Å². The molecule has 1 amide bonds. The number of hydrogen-bond donors (Lipinski definition) is 2. The average molecular weight is 431 g/mol. The molecule has 10 nitrogen and oxygen atoms in total. The molecule has 0 aliphatic carbocycles. The minimum atomic E-state index is -0.616. The van der Waals surface area contributed by atoms with Gasteiger partial charge in [-0.1, -0.05) is 13.8 Å². The van der Waals surface area contributed by atoms with Gasteiger partial charge in [0.1, 0.15) is 17.5 Å². The molecule has 0 spiro atoms. The van der Waals surface area contributed by atoms with Crippen LogP contribution < -0.4 is 5.32 Å². The number of H-pyrrole nitrogens is 1. The number of carbonyl (C=O) groups is 2. The number of Topliss-reactive ketones (excluding diaryl/α,β-unsaturated/α-hetero) is 1. The summed E-state index contributed by atoms with van der Waals surface area (Å²) in [6.07, 6.45) is 7.19. The van der Waals surface area contributed by atoms with Crippen molar-refractivity contribution in [2.24, 2.45) is 5.92 Å². The highest BCUT2D eigenvalue weighted by molar-refractivity contribution is 5.96. The molecule has 1 aromatic carbocycles. The number of anilines is 1. The lowest BCUT2D eigenvalue weighted by atomic mass is 10.1. The maximum Gasteiger partial charge on any atom is 0.413 e. The number of carbonyl (C=O) groups excluding carboxylic acids is 2. The summed E-state index contributed by atoms with van der Waals surface area (Å²) in [7, 11) is 0. The Morgan fingerprint density at radius 3 is 2.84 bits per heavy atom. The van der Waals surface area contributed by atoms with Crippen LogP contribution in [0.3, 0.4) is 0 Å². The van der Waals surface area contributed by atoms with E-state index in [1.165, 1.54) is 6.20 Å². The van der Waals surface area contributed by atoms with Gasteiger partial charge in [0.05, 0.1) is 23.9 Å². The number of aromatic nitrogens is 6. The zero-order chi connectivity index (χ0) is 22.7. The lowest BCUT2D eigenvalue weighted by Crippen LogP contribution is -2.14. The molecular formula is C22H21N7O3. The van der Waals surface area contributed by atoms with Crippen molar-refractivity contribution in [1.82, 2.24) is 29.5 Å². The van der Waals surface area contributed by atoms with E-state index < -0.39 is 6.09 Å². The fraction of sp³-hybridized carbons (Fsp3) is 0.273. The summed E-state index contributed by atoms with van der Waals surface area (Å²) in [6.45, 7) is 5.94. The zero-order valence-corrected chi connectivity index (χ0v) is 17.8. The average Bonchev–Trinajstić information content (AvgIpc) is 3.40. The lowest BCUT2D eigenvalue weighted by Gasteiger charge is -2.06. The molecular weight excluding hydrogens is 410 g/mol. The van der Waals surface area contributed by atoms with Crippen LogP contribution in [0.4, 0.5) is 10.7 Å². The Kier molecular flexibility index (Phi) is 5.81. The van der Waals surface area contributed by atoms with Crippen molar-refractivity contribution in [2.75, 3.05) is 11.9 Å². The first-order valence-corrected chi connectivity index (χ1v) is 10.1. The normalized spacial score (nSPS) is 10.9. The van der Waals surface area contributed by atoms with Gasteiger partial charge in [0.2, 0.25) is 5.95 Å². The van der Waals surface area contributed by atoms with Crippen LogP contribution in [0.2, 0.25) is 0 Å². The van der Waals surface area contributed by atoms with Gasteiger partial charge in [-0.2, -0.15) is 4.98 Å². The fourth-order valence-electron chi connectivity index (χ4n) is 3.19. The van der Waals surface area contributed by atoms with E-state index in [4.69, 9.17) is 4.74 Å². The van der Waals surface area contributed by atoms with Crippen LogP contribution in [0.15, 0.2) is 30.9 Å². The monoisotopic (exact) mass is 431 g/mol. The largest absolute Gasteiger partial charge is 0.450 e. The molecule has 10 heteroatoms. The number of nitrogens with one attached hydrogen (secondary N) is 2. The van der Waals surface area contributed by atoms with Gasteiger partial charge < -0.3 is 14.3 Å².